The van der Waals surface area contributed by atoms with Crippen LogP contribution in [0.1, 0.15) is 23.9 Å². The van der Waals surface area contributed by atoms with Crippen molar-refractivity contribution >= 4 is 15.7 Å². The number of hydrogen-bond donors (Lipinski definition) is 2. The Kier molecular flexibility index (Phi) is 4.59. The van der Waals surface area contributed by atoms with Crippen molar-refractivity contribution in [2.75, 3.05) is 11.9 Å². The third kappa shape index (κ3) is 3.59. The normalized spacial score (nSPS) is 11.6. The summed E-state index contributed by atoms with van der Waals surface area (Å²) in [6.07, 6.45) is 1.16. The molecule has 1 aromatic heterocycles. The second-order valence-electron chi connectivity index (χ2n) is 4.64. The maximum absolute atomic E-state index is 12.4. The second-order valence-corrected chi connectivity index (χ2v) is 6.35. The van der Waals surface area contributed by atoms with Crippen LogP contribution in [0.3, 0.4) is 0 Å². The van der Waals surface area contributed by atoms with Gasteiger partial charge in [-0.15, -0.1) is 0 Å². The lowest BCUT2D eigenvalue weighted by atomic mass is 10.1. The molecule has 0 fully saturated rings. The van der Waals surface area contributed by atoms with Crippen LogP contribution in [0.15, 0.2) is 27.9 Å². The summed E-state index contributed by atoms with van der Waals surface area (Å²) in [7, 11) is -3.63. The molecule has 0 radical (unpaired) electrons. The molecule has 0 unspecified atom stereocenters. The van der Waals surface area contributed by atoms with E-state index in [1.807, 2.05) is 19.1 Å². The Morgan fingerprint density at radius 3 is 2.43 bits per heavy atom. The van der Waals surface area contributed by atoms with Crippen LogP contribution < -0.4 is 10.0 Å². The Bertz CT molecular complexity index is 688. The fourth-order valence-corrected chi connectivity index (χ4v) is 3.61. The van der Waals surface area contributed by atoms with Gasteiger partial charge in [-0.25, -0.2) is 13.1 Å². The fourth-order valence-electron chi connectivity index (χ4n) is 2.18. The molecule has 2 rings (SSSR count). The molecule has 0 bridgehead atoms. The molecule has 0 atom stereocenters. The first-order chi connectivity index (χ1) is 9.94. The van der Waals surface area contributed by atoms with Crippen LogP contribution in [-0.2, 0) is 16.6 Å². The van der Waals surface area contributed by atoms with Crippen molar-refractivity contribution < 1.29 is 12.9 Å². The number of anilines is 1. The SMILES string of the molecule is CCNc1cc(C)c(S(=O)(=O)NCc2ncon2)c(C)c1. The van der Waals surface area contributed by atoms with Gasteiger partial charge in [0.05, 0.1) is 11.4 Å². The topological polar surface area (TPSA) is 97.1 Å². The number of hydrogen-bond acceptors (Lipinski definition) is 6. The number of benzene rings is 1. The average molecular weight is 310 g/mol. The maximum Gasteiger partial charge on any atom is 0.241 e. The first-order valence-electron chi connectivity index (χ1n) is 6.54. The van der Waals surface area contributed by atoms with Crippen LogP contribution in [0.2, 0.25) is 0 Å². The smallest absolute Gasteiger partial charge is 0.241 e. The summed E-state index contributed by atoms with van der Waals surface area (Å²) in [6, 6.07) is 3.64. The summed E-state index contributed by atoms with van der Waals surface area (Å²) in [5.74, 6) is 0.290. The Labute approximate surface area is 123 Å². The van der Waals surface area contributed by atoms with Crippen LogP contribution in [0.25, 0.3) is 0 Å². The number of sulfonamides is 1. The number of aromatic nitrogens is 2. The molecule has 21 heavy (non-hydrogen) atoms. The minimum Gasteiger partial charge on any atom is -0.385 e. The number of rotatable bonds is 6. The van der Waals surface area contributed by atoms with Gasteiger partial charge >= 0.3 is 0 Å². The molecule has 2 aromatic rings. The Balaban J connectivity index is 2.27. The van der Waals surface area contributed by atoms with Crippen LogP contribution in [-0.4, -0.2) is 25.1 Å². The highest BCUT2D eigenvalue weighted by atomic mass is 32.2. The Morgan fingerprint density at radius 2 is 1.90 bits per heavy atom. The zero-order valence-electron chi connectivity index (χ0n) is 12.2. The molecule has 0 aliphatic heterocycles. The third-order valence-corrected chi connectivity index (χ3v) is 4.64. The van der Waals surface area contributed by atoms with Crippen molar-refractivity contribution in [2.24, 2.45) is 0 Å². The van der Waals surface area contributed by atoms with E-state index in [1.165, 1.54) is 0 Å². The van der Waals surface area contributed by atoms with Gasteiger partial charge in [-0.05, 0) is 44.0 Å². The van der Waals surface area contributed by atoms with E-state index in [9.17, 15) is 8.42 Å². The molecule has 0 aliphatic carbocycles. The summed E-state index contributed by atoms with van der Waals surface area (Å²) in [6.45, 7) is 6.31. The molecule has 7 nitrogen and oxygen atoms in total. The van der Waals surface area contributed by atoms with Gasteiger partial charge in [0.15, 0.2) is 5.82 Å². The van der Waals surface area contributed by atoms with Crippen molar-refractivity contribution in [1.82, 2.24) is 14.9 Å². The molecule has 2 N–H and O–H groups in total. The number of nitrogens with one attached hydrogen (secondary N) is 2. The highest BCUT2D eigenvalue weighted by Gasteiger charge is 2.20. The molecule has 0 aliphatic rings. The second kappa shape index (κ2) is 6.23. The quantitative estimate of drug-likeness (QED) is 0.841. The van der Waals surface area contributed by atoms with Gasteiger partial charge in [-0.1, -0.05) is 5.16 Å². The summed E-state index contributed by atoms with van der Waals surface area (Å²) >= 11 is 0. The number of aryl methyl sites for hydroxylation is 2. The number of nitrogens with zero attached hydrogens (tertiary/aromatic N) is 2. The van der Waals surface area contributed by atoms with Gasteiger partial charge in [0.2, 0.25) is 16.4 Å². The molecule has 0 saturated carbocycles. The summed E-state index contributed by atoms with van der Waals surface area (Å²) in [5, 5.41) is 6.75. The van der Waals surface area contributed by atoms with E-state index in [1.54, 1.807) is 13.8 Å². The van der Waals surface area contributed by atoms with Crippen molar-refractivity contribution in [1.29, 1.82) is 0 Å². The predicted molar refractivity (Wildman–Crippen MR) is 78.4 cm³/mol. The molecular formula is C13H18N4O3S. The average Bonchev–Trinajstić information content (AvgIpc) is 2.88. The Morgan fingerprint density at radius 1 is 1.24 bits per heavy atom. The van der Waals surface area contributed by atoms with Gasteiger partial charge in [0.25, 0.3) is 0 Å². The largest absolute Gasteiger partial charge is 0.385 e. The highest BCUT2D eigenvalue weighted by molar-refractivity contribution is 7.89. The van der Waals surface area contributed by atoms with Gasteiger partial charge in [0.1, 0.15) is 0 Å². The molecule has 0 saturated heterocycles. The van der Waals surface area contributed by atoms with Crippen LogP contribution >= 0.6 is 0 Å². The van der Waals surface area contributed by atoms with E-state index in [4.69, 9.17) is 0 Å². The van der Waals surface area contributed by atoms with Crippen molar-refractivity contribution in [3.63, 3.8) is 0 Å². The predicted octanol–water partition coefficient (Wildman–Crippen LogP) is 1.60. The van der Waals surface area contributed by atoms with E-state index in [0.717, 1.165) is 18.6 Å². The standard InChI is InChI=1S/C13H18N4O3S/c1-4-14-11-5-9(2)13(10(3)6-11)21(18,19)16-7-12-15-8-20-17-12/h5-6,8,14,16H,4,7H2,1-3H3. The zero-order chi connectivity index (χ0) is 15.5. The Hall–Kier alpha value is -1.93. The fraction of sp³-hybridized carbons (Fsp3) is 0.385. The zero-order valence-corrected chi connectivity index (χ0v) is 13.0. The first-order valence-corrected chi connectivity index (χ1v) is 8.02. The van der Waals surface area contributed by atoms with Crippen molar-refractivity contribution in [3.8, 4) is 0 Å². The van der Waals surface area contributed by atoms with E-state index in [2.05, 4.69) is 24.7 Å². The van der Waals surface area contributed by atoms with Crippen LogP contribution in [0.5, 0.6) is 0 Å². The van der Waals surface area contributed by atoms with Gasteiger partial charge in [0, 0.05) is 12.2 Å². The lowest BCUT2D eigenvalue weighted by Gasteiger charge is -2.14. The van der Waals surface area contributed by atoms with E-state index >= 15 is 0 Å². The molecule has 8 heteroatoms. The molecular weight excluding hydrogens is 292 g/mol. The molecule has 114 valence electrons. The highest BCUT2D eigenvalue weighted by Crippen LogP contribution is 2.24. The summed E-state index contributed by atoms with van der Waals surface area (Å²) in [5.41, 5.74) is 2.28. The monoisotopic (exact) mass is 310 g/mol. The minimum atomic E-state index is -3.63. The maximum atomic E-state index is 12.4. The lowest BCUT2D eigenvalue weighted by molar-refractivity contribution is 0.409. The van der Waals surface area contributed by atoms with E-state index < -0.39 is 10.0 Å². The van der Waals surface area contributed by atoms with Gasteiger partial charge < -0.3 is 9.84 Å². The van der Waals surface area contributed by atoms with Crippen LogP contribution in [0.4, 0.5) is 5.69 Å². The van der Waals surface area contributed by atoms with Crippen LogP contribution in [0, 0.1) is 13.8 Å². The molecule has 1 aromatic carbocycles. The van der Waals surface area contributed by atoms with Crippen molar-refractivity contribution in [2.45, 2.75) is 32.2 Å². The molecule has 0 amide bonds. The van der Waals surface area contributed by atoms with Gasteiger partial charge in [-0.3, -0.25) is 0 Å². The lowest BCUT2D eigenvalue weighted by Crippen LogP contribution is -2.25. The molecule has 0 spiro atoms. The summed E-state index contributed by atoms with van der Waals surface area (Å²) < 4.78 is 31.9. The van der Waals surface area contributed by atoms with E-state index in [0.29, 0.717) is 11.1 Å². The van der Waals surface area contributed by atoms with Gasteiger partial charge in [-0.2, -0.15) is 4.98 Å². The third-order valence-electron chi connectivity index (χ3n) is 2.94. The summed E-state index contributed by atoms with van der Waals surface area (Å²) in [4.78, 5) is 4.07. The minimum absolute atomic E-state index is 0.00727. The first kappa shape index (κ1) is 15.5. The molecule has 1 heterocycles. The van der Waals surface area contributed by atoms with E-state index in [-0.39, 0.29) is 17.3 Å². The van der Waals surface area contributed by atoms with Crippen molar-refractivity contribution in [3.05, 3.63) is 35.5 Å².